The Balaban J connectivity index is 2.25. The van der Waals surface area contributed by atoms with E-state index in [1.807, 2.05) is 30.5 Å². The van der Waals surface area contributed by atoms with E-state index in [0.29, 0.717) is 0 Å². The first-order valence-corrected chi connectivity index (χ1v) is 6.17. The molecule has 0 saturated heterocycles. The molecule has 0 atom stereocenters. The van der Waals surface area contributed by atoms with Crippen molar-refractivity contribution in [3.63, 3.8) is 0 Å². The summed E-state index contributed by atoms with van der Waals surface area (Å²) in [5, 5.41) is 0. The van der Waals surface area contributed by atoms with E-state index in [-0.39, 0.29) is 0 Å². The Hall–Kier alpha value is -0.670. The maximum atomic E-state index is 4.30. The molecule has 2 aromatic rings. The molecule has 2 rings (SSSR count). The molecule has 0 amide bonds. The van der Waals surface area contributed by atoms with E-state index in [9.17, 15) is 0 Å². The molecule has 0 spiro atoms. The lowest BCUT2D eigenvalue weighted by molar-refractivity contribution is 1.07. The van der Waals surface area contributed by atoms with Crippen LogP contribution in [-0.4, -0.2) is 4.98 Å². The third kappa shape index (κ3) is 3.14. The average Bonchev–Trinajstić information content (AvgIpc) is 2.17. The van der Waals surface area contributed by atoms with Crippen LogP contribution in [0.5, 0.6) is 0 Å². The van der Waals surface area contributed by atoms with E-state index in [4.69, 9.17) is 0 Å². The number of rotatable bonds is 2. The van der Waals surface area contributed by atoms with Crippen molar-refractivity contribution in [2.45, 2.75) is 6.42 Å². The number of nitrogens with zero attached hydrogens (tertiary/aromatic N) is 1. The molecular formula is C12H9Br2N. The molecule has 0 fully saturated rings. The largest absolute Gasteiger partial charge is 0.261 e. The highest BCUT2D eigenvalue weighted by Gasteiger charge is 1.99. The van der Waals surface area contributed by atoms with Gasteiger partial charge in [0.2, 0.25) is 0 Å². The minimum atomic E-state index is 0.860. The molecule has 1 aromatic heterocycles. The number of hydrogen-bond donors (Lipinski definition) is 0. The lowest BCUT2D eigenvalue weighted by Crippen LogP contribution is -1.91. The zero-order chi connectivity index (χ0) is 10.7. The van der Waals surface area contributed by atoms with Crippen LogP contribution in [0, 0.1) is 0 Å². The van der Waals surface area contributed by atoms with Gasteiger partial charge in [0.05, 0.1) is 0 Å². The minimum absolute atomic E-state index is 0.860. The Morgan fingerprint density at radius 3 is 2.33 bits per heavy atom. The van der Waals surface area contributed by atoms with Crippen LogP contribution in [0.1, 0.15) is 11.3 Å². The van der Waals surface area contributed by atoms with Crippen molar-refractivity contribution in [1.82, 2.24) is 4.98 Å². The van der Waals surface area contributed by atoms with Gasteiger partial charge in [-0.15, -0.1) is 0 Å². The highest BCUT2D eigenvalue weighted by atomic mass is 79.9. The normalized spacial score (nSPS) is 10.3. The SMILES string of the molecule is Brc1cc(Br)cc(Cc2ccccn2)c1. The van der Waals surface area contributed by atoms with Crippen LogP contribution in [0.3, 0.4) is 0 Å². The van der Waals surface area contributed by atoms with Gasteiger partial charge in [0.1, 0.15) is 0 Å². The van der Waals surface area contributed by atoms with E-state index < -0.39 is 0 Å². The number of hydrogen-bond acceptors (Lipinski definition) is 1. The number of benzene rings is 1. The van der Waals surface area contributed by atoms with E-state index in [1.54, 1.807) is 0 Å². The van der Waals surface area contributed by atoms with Gasteiger partial charge in [-0.1, -0.05) is 37.9 Å². The van der Waals surface area contributed by atoms with Crippen LogP contribution in [0.4, 0.5) is 0 Å². The molecule has 0 unspecified atom stereocenters. The van der Waals surface area contributed by atoms with Crippen molar-refractivity contribution in [2.24, 2.45) is 0 Å². The molecule has 0 N–H and O–H groups in total. The van der Waals surface area contributed by atoms with Crippen LogP contribution in [0.2, 0.25) is 0 Å². The summed E-state index contributed by atoms with van der Waals surface area (Å²) < 4.78 is 2.17. The van der Waals surface area contributed by atoms with Crippen molar-refractivity contribution < 1.29 is 0 Å². The van der Waals surface area contributed by atoms with Gasteiger partial charge in [0.15, 0.2) is 0 Å². The van der Waals surface area contributed by atoms with Crippen molar-refractivity contribution in [1.29, 1.82) is 0 Å². The molecule has 3 heteroatoms. The fraction of sp³-hybridized carbons (Fsp3) is 0.0833. The summed E-state index contributed by atoms with van der Waals surface area (Å²) in [4.78, 5) is 4.30. The zero-order valence-corrected chi connectivity index (χ0v) is 11.1. The van der Waals surface area contributed by atoms with Gasteiger partial charge in [-0.2, -0.15) is 0 Å². The Kier molecular flexibility index (Phi) is 3.54. The van der Waals surface area contributed by atoms with E-state index in [1.165, 1.54) is 5.56 Å². The quantitative estimate of drug-likeness (QED) is 0.806. The summed E-state index contributed by atoms with van der Waals surface area (Å²) in [6.07, 6.45) is 2.68. The number of halogens is 2. The highest BCUT2D eigenvalue weighted by molar-refractivity contribution is 9.11. The highest BCUT2D eigenvalue weighted by Crippen LogP contribution is 2.21. The van der Waals surface area contributed by atoms with Gasteiger partial charge in [-0.3, -0.25) is 4.98 Å². The van der Waals surface area contributed by atoms with Gasteiger partial charge in [0.25, 0.3) is 0 Å². The standard InChI is InChI=1S/C12H9Br2N/c13-10-5-9(6-11(14)8-10)7-12-3-1-2-4-15-12/h1-6,8H,7H2. The zero-order valence-electron chi connectivity index (χ0n) is 7.95. The summed E-state index contributed by atoms with van der Waals surface area (Å²) in [6, 6.07) is 12.2. The smallest absolute Gasteiger partial charge is 0.0447 e. The second-order valence-corrected chi connectivity index (χ2v) is 5.11. The van der Waals surface area contributed by atoms with Crippen molar-refractivity contribution in [3.05, 3.63) is 62.8 Å². The molecule has 0 radical (unpaired) electrons. The topological polar surface area (TPSA) is 12.9 Å². The Bertz CT molecular complexity index is 434. The molecule has 0 aliphatic rings. The molecular weight excluding hydrogens is 318 g/mol. The van der Waals surface area contributed by atoms with E-state index in [2.05, 4.69) is 49.0 Å². The maximum Gasteiger partial charge on any atom is 0.0447 e. The van der Waals surface area contributed by atoms with Gasteiger partial charge >= 0.3 is 0 Å². The van der Waals surface area contributed by atoms with Crippen LogP contribution in [0.25, 0.3) is 0 Å². The first-order chi connectivity index (χ1) is 7.24. The van der Waals surface area contributed by atoms with Crippen molar-refractivity contribution in [3.8, 4) is 0 Å². The lowest BCUT2D eigenvalue weighted by Gasteiger charge is -2.02. The predicted octanol–water partition coefficient (Wildman–Crippen LogP) is 4.20. The average molecular weight is 327 g/mol. The second kappa shape index (κ2) is 4.90. The lowest BCUT2D eigenvalue weighted by atomic mass is 10.1. The summed E-state index contributed by atoms with van der Waals surface area (Å²) >= 11 is 6.95. The van der Waals surface area contributed by atoms with Crippen molar-refractivity contribution in [2.75, 3.05) is 0 Å². The fourth-order valence-corrected chi connectivity index (χ4v) is 2.81. The monoisotopic (exact) mass is 325 g/mol. The van der Waals surface area contributed by atoms with E-state index in [0.717, 1.165) is 21.1 Å². The maximum absolute atomic E-state index is 4.30. The third-order valence-electron chi connectivity index (χ3n) is 2.03. The predicted molar refractivity (Wildman–Crippen MR) is 68.9 cm³/mol. The Labute approximate surface area is 106 Å². The van der Waals surface area contributed by atoms with Crippen LogP contribution in [0.15, 0.2) is 51.5 Å². The summed E-state index contributed by atoms with van der Waals surface area (Å²) in [5.41, 5.74) is 2.33. The van der Waals surface area contributed by atoms with Crippen molar-refractivity contribution >= 4 is 31.9 Å². The first-order valence-electron chi connectivity index (χ1n) is 4.59. The summed E-state index contributed by atoms with van der Waals surface area (Å²) in [7, 11) is 0. The summed E-state index contributed by atoms with van der Waals surface area (Å²) in [6.45, 7) is 0. The Morgan fingerprint density at radius 1 is 1.00 bits per heavy atom. The van der Waals surface area contributed by atoms with Gasteiger partial charge in [-0.05, 0) is 35.9 Å². The molecule has 76 valence electrons. The molecule has 0 bridgehead atoms. The third-order valence-corrected chi connectivity index (χ3v) is 2.95. The molecule has 1 aromatic carbocycles. The van der Waals surface area contributed by atoms with Gasteiger partial charge in [-0.25, -0.2) is 0 Å². The van der Waals surface area contributed by atoms with Gasteiger partial charge < -0.3 is 0 Å². The number of pyridine rings is 1. The number of aromatic nitrogens is 1. The molecule has 1 heterocycles. The molecule has 0 saturated carbocycles. The molecule has 0 aliphatic carbocycles. The minimum Gasteiger partial charge on any atom is -0.261 e. The van der Waals surface area contributed by atoms with Crippen LogP contribution in [-0.2, 0) is 6.42 Å². The van der Waals surface area contributed by atoms with Crippen LogP contribution >= 0.6 is 31.9 Å². The Morgan fingerprint density at radius 2 is 1.73 bits per heavy atom. The fourth-order valence-electron chi connectivity index (χ4n) is 1.42. The molecule has 15 heavy (non-hydrogen) atoms. The van der Waals surface area contributed by atoms with Gasteiger partial charge in [0, 0.05) is 27.3 Å². The van der Waals surface area contributed by atoms with Crippen LogP contribution < -0.4 is 0 Å². The molecule has 0 aliphatic heterocycles. The van der Waals surface area contributed by atoms with E-state index >= 15 is 0 Å². The second-order valence-electron chi connectivity index (χ2n) is 3.28. The molecule has 1 nitrogen and oxygen atoms in total. The first kappa shape index (κ1) is 10.8. The summed E-state index contributed by atoms with van der Waals surface area (Å²) in [5.74, 6) is 0.